The van der Waals surface area contributed by atoms with E-state index < -0.39 is 0 Å². The van der Waals surface area contributed by atoms with Gasteiger partial charge in [0.25, 0.3) is 0 Å². The molecule has 0 saturated heterocycles. The Hall–Kier alpha value is -1.84. The first-order valence-corrected chi connectivity index (χ1v) is 7.26. The number of aromatic amines is 1. The number of rotatable bonds is 3. The SMILES string of the molecule is CC1(C)CCC[C@H]1NC(=O)Cc1ccc2[nH]ncc2c1. The number of H-pyrrole nitrogens is 1. The Bertz CT molecular complexity index is 629. The Kier molecular flexibility index (Phi) is 3.24. The number of nitrogens with one attached hydrogen (secondary N) is 2. The first kappa shape index (κ1) is 13.2. The number of carbonyl (C=O) groups excluding carboxylic acids is 1. The summed E-state index contributed by atoms with van der Waals surface area (Å²) < 4.78 is 0. The summed E-state index contributed by atoms with van der Waals surface area (Å²) in [4.78, 5) is 12.2. The molecular weight excluding hydrogens is 250 g/mol. The summed E-state index contributed by atoms with van der Waals surface area (Å²) in [5.41, 5.74) is 2.27. The summed E-state index contributed by atoms with van der Waals surface area (Å²) in [5.74, 6) is 0.118. The molecule has 0 unspecified atom stereocenters. The van der Waals surface area contributed by atoms with Gasteiger partial charge >= 0.3 is 0 Å². The van der Waals surface area contributed by atoms with Crippen LogP contribution in [0.4, 0.5) is 0 Å². The number of aromatic nitrogens is 2. The molecular formula is C16H21N3O. The molecule has 2 aromatic rings. The number of amides is 1. The van der Waals surface area contributed by atoms with E-state index >= 15 is 0 Å². The minimum Gasteiger partial charge on any atom is -0.353 e. The fourth-order valence-electron chi connectivity index (χ4n) is 3.13. The maximum absolute atomic E-state index is 12.2. The standard InChI is InChI=1S/C16H21N3O/c1-16(2)7-3-4-14(16)18-15(20)9-11-5-6-13-12(8-11)10-17-19-13/h5-6,8,10,14H,3-4,7,9H2,1-2H3,(H,17,19)(H,18,20)/t14-/m1/s1. The van der Waals surface area contributed by atoms with Gasteiger partial charge < -0.3 is 5.32 Å². The summed E-state index contributed by atoms with van der Waals surface area (Å²) in [7, 11) is 0. The number of nitrogens with zero attached hydrogens (tertiary/aromatic N) is 1. The molecule has 1 atom stereocenters. The average molecular weight is 271 g/mol. The van der Waals surface area contributed by atoms with Gasteiger partial charge in [-0.15, -0.1) is 0 Å². The van der Waals surface area contributed by atoms with E-state index in [0.29, 0.717) is 12.5 Å². The lowest BCUT2D eigenvalue weighted by atomic mass is 9.87. The molecule has 0 bridgehead atoms. The summed E-state index contributed by atoms with van der Waals surface area (Å²) in [6, 6.07) is 6.30. The van der Waals surface area contributed by atoms with Crippen LogP contribution >= 0.6 is 0 Å². The molecule has 1 saturated carbocycles. The molecule has 1 heterocycles. The van der Waals surface area contributed by atoms with Gasteiger partial charge in [0.1, 0.15) is 0 Å². The highest BCUT2D eigenvalue weighted by Gasteiger charge is 2.35. The van der Waals surface area contributed by atoms with Crippen molar-refractivity contribution in [2.45, 2.75) is 45.6 Å². The zero-order valence-corrected chi connectivity index (χ0v) is 12.1. The molecule has 4 nitrogen and oxygen atoms in total. The third-order valence-electron chi connectivity index (χ3n) is 4.46. The van der Waals surface area contributed by atoms with Crippen molar-refractivity contribution in [3.8, 4) is 0 Å². The monoisotopic (exact) mass is 271 g/mol. The van der Waals surface area contributed by atoms with Gasteiger partial charge in [0.15, 0.2) is 0 Å². The molecule has 1 fully saturated rings. The Balaban J connectivity index is 1.66. The van der Waals surface area contributed by atoms with Crippen molar-refractivity contribution in [2.24, 2.45) is 5.41 Å². The molecule has 106 valence electrons. The molecule has 0 radical (unpaired) electrons. The lowest BCUT2D eigenvalue weighted by Crippen LogP contribution is -2.42. The van der Waals surface area contributed by atoms with Crippen molar-refractivity contribution < 1.29 is 4.79 Å². The topological polar surface area (TPSA) is 57.8 Å². The van der Waals surface area contributed by atoms with E-state index in [1.165, 1.54) is 12.8 Å². The van der Waals surface area contributed by atoms with Crippen LogP contribution in [0.2, 0.25) is 0 Å². The molecule has 2 N–H and O–H groups in total. The second-order valence-corrected chi connectivity index (χ2v) is 6.47. The van der Waals surface area contributed by atoms with E-state index in [1.54, 1.807) is 6.20 Å². The first-order chi connectivity index (χ1) is 9.54. The van der Waals surface area contributed by atoms with Gasteiger partial charge in [0, 0.05) is 11.4 Å². The molecule has 0 spiro atoms. The zero-order chi connectivity index (χ0) is 14.2. The quantitative estimate of drug-likeness (QED) is 0.902. The van der Waals surface area contributed by atoms with Crippen molar-refractivity contribution in [2.75, 3.05) is 0 Å². The van der Waals surface area contributed by atoms with Crippen molar-refractivity contribution >= 4 is 16.8 Å². The van der Waals surface area contributed by atoms with Crippen LogP contribution < -0.4 is 5.32 Å². The van der Waals surface area contributed by atoms with E-state index in [2.05, 4.69) is 29.4 Å². The predicted molar refractivity (Wildman–Crippen MR) is 79.4 cm³/mol. The number of fused-ring (bicyclic) bond motifs is 1. The number of carbonyl (C=O) groups is 1. The van der Waals surface area contributed by atoms with Gasteiger partial charge in [0.05, 0.1) is 18.1 Å². The van der Waals surface area contributed by atoms with Gasteiger partial charge in [-0.25, -0.2) is 0 Å². The molecule has 1 aromatic carbocycles. The van der Waals surface area contributed by atoms with Crippen LogP contribution in [0.1, 0.15) is 38.7 Å². The number of benzene rings is 1. The predicted octanol–water partition coefficient (Wildman–Crippen LogP) is 2.80. The normalized spacial score (nSPS) is 21.2. The van der Waals surface area contributed by atoms with E-state index in [-0.39, 0.29) is 11.3 Å². The maximum Gasteiger partial charge on any atom is 0.224 e. The molecule has 0 aliphatic heterocycles. The molecule has 4 heteroatoms. The van der Waals surface area contributed by atoms with Crippen LogP contribution in [0.3, 0.4) is 0 Å². The number of hydrogen-bond acceptors (Lipinski definition) is 2. The van der Waals surface area contributed by atoms with Crippen LogP contribution in [-0.2, 0) is 11.2 Å². The van der Waals surface area contributed by atoms with E-state index in [0.717, 1.165) is 22.9 Å². The minimum atomic E-state index is 0.118. The second-order valence-electron chi connectivity index (χ2n) is 6.47. The lowest BCUT2D eigenvalue weighted by molar-refractivity contribution is -0.121. The fourth-order valence-corrected chi connectivity index (χ4v) is 3.13. The molecule has 3 rings (SSSR count). The van der Waals surface area contributed by atoms with Crippen molar-refractivity contribution in [1.82, 2.24) is 15.5 Å². The van der Waals surface area contributed by atoms with Gasteiger partial charge in [-0.1, -0.05) is 26.3 Å². The van der Waals surface area contributed by atoms with E-state index in [9.17, 15) is 4.79 Å². The highest BCUT2D eigenvalue weighted by molar-refractivity contribution is 5.83. The molecule has 20 heavy (non-hydrogen) atoms. The van der Waals surface area contributed by atoms with E-state index in [1.807, 2.05) is 18.2 Å². The first-order valence-electron chi connectivity index (χ1n) is 7.26. The second kappa shape index (κ2) is 4.93. The van der Waals surface area contributed by atoms with Crippen LogP contribution in [-0.4, -0.2) is 22.1 Å². The Morgan fingerprint density at radius 3 is 3.10 bits per heavy atom. The third-order valence-corrected chi connectivity index (χ3v) is 4.46. The fraction of sp³-hybridized carbons (Fsp3) is 0.500. The maximum atomic E-state index is 12.2. The largest absolute Gasteiger partial charge is 0.353 e. The van der Waals surface area contributed by atoms with Gasteiger partial charge in [-0.3, -0.25) is 9.89 Å². The highest BCUT2D eigenvalue weighted by atomic mass is 16.1. The van der Waals surface area contributed by atoms with Gasteiger partial charge in [-0.2, -0.15) is 5.10 Å². The summed E-state index contributed by atoms with van der Waals surface area (Å²) >= 11 is 0. The Morgan fingerprint density at radius 2 is 2.35 bits per heavy atom. The summed E-state index contributed by atoms with van der Waals surface area (Å²) in [6.07, 6.45) is 5.72. The van der Waals surface area contributed by atoms with E-state index in [4.69, 9.17) is 0 Å². The van der Waals surface area contributed by atoms with Crippen molar-refractivity contribution in [3.63, 3.8) is 0 Å². The summed E-state index contributed by atoms with van der Waals surface area (Å²) in [5, 5.41) is 11.2. The van der Waals surface area contributed by atoms with Crippen LogP contribution in [0.15, 0.2) is 24.4 Å². The number of hydrogen-bond donors (Lipinski definition) is 2. The third kappa shape index (κ3) is 2.55. The minimum absolute atomic E-state index is 0.118. The molecule has 1 amide bonds. The molecule has 1 aliphatic rings. The molecule has 1 aliphatic carbocycles. The van der Waals surface area contributed by atoms with Crippen molar-refractivity contribution in [1.29, 1.82) is 0 Å². The lowest BCUT2D eigenvalue weighted by Gasteiger charge is -2.27. The smallest absolute Gasteiger partial charge is 0.224 e. The van der Waals surface area contributed by atoms with Gasteiger partial charge in [0.2, 0.25) is 5.91 Å². The Morgan fingerprint density at radius 1 is 1.50 bits per heavy atom. The average Bonchev–Trinajstić information content (AvgIpc) is 2.96. The highest BCUT2D eigenvalue weighted by Crippen LogP contribution is 2.37. The van der Waals surface area contributed by atoms with Crippen LogP contribution in [0.25, 0.3) is 10.9 Å². The van der Waals surface area contributed by atoms with Crippen molar-refractivity contribution in [3.05, 3.63) is 30.0 Å². The zero-order valence-electron chi connectivity index (χ0n) is 12.1. The summed E-state index contributed by atoms with van der Waals surface area (Å²) in [6.45, 7) is 4.48. The Labute approximate surface area is 119 Å². The van der Waals surface area contributed by atoms with Gasteiger partial charge in [-0.05, 0) is 36.0 Å². The van der Waals surface area contributed by atoms with Crippen LogP contribution in [0, 0.1) is 5.41 Å². The van der Waals surface area contributed by atoms with Crippen LogP contribution in [0.5, 0.6) is 0 Å². The molecule has 1 aromatic heterocycles.